The molecule has 0 unspecified atom stereocenters. The summed E-state index contributed by atoms with van der Waals surface area (Å²) in [7, 11) is 0. The van der Waals surface area contributed by atoms with Gasteiger partial charge in [0.15, 0.2) is 0 Å². The highest BCUT2D eigenvalue weighted by atomic mass is 32.1. The van der Waals surface area contributed by atoms with Crippen molar-refractivity contribution in [2.24, 2.45) is 0 Å². The van der Waals surface area contributed by atoms with E-state index in [1.165, 1.54) is 24.4 Å². The van der Waals surface area contributed by atoms with Gasteiger partial charge in [-0.15, -0.1) is 5.10 Å². The van der Waals surface area contributed by atoms with Gasteiger partial charge in [0.25, 0.3) is 0 Å². The van der Waals surface area contributed by atoms with Crippen LogP contribution >= 0.6 is 11.5 Å². The Kier molecular flexibility index (Phi) is 3.00. The molecule has 2 aromatic rings. The summed E-state index contributed by atoms with van der Waals surface area (Å²) in [5.41, 5.74) is 0. The van der Waals surface area contributed by atoms with E-state index in [4.69, 9.17) is 0 Å². The highest BCUT2D eigenvalue weighted by molar-refractivity contribution is 7.09. The third-order valence-electron chi connectivity index (χ3n) is 2.70. The van der Waals surface area contributed by atoms with Crippen molar-refractivity contribution in [2.45, 2.75) is 31.7 Å². The lowest BCUT2D eigenvalue weighted by Crippen LogP contribution is -2.07. The maximum Gasteiger partial charge on any atom is 0.202 e. The van der Waals surface area contributed by atoms with Crippen LogP contribution in [-0.4, -0.2) is 30.9 Å². The van der Waals surface area contributed by atoms with E-state index in [-0.39, 0.29) is 0 Å². The molecule has 0 atom stereocenters. The van der Waals surface area contributed by atoms with E-state index in [0.29, 0.717) is 5.92 Å². The molecule has 2 aromatic heterocycles. The molecule has 17 heavy (non-hydrogen) atoms. The van der Waals surface area contributed by atoms with Crippen LogP contribution in [0.3, 0.4) is 0 Å². The fourth-order valence-electron chi connectivity index (χ4n) is 1.60. The Labute approximate surface area is 103 Å². The molecule has 0 radical (unpaired) electrons. The minimum absolute atomic E-state index is 0.636. The number of anilines is 1. The summed E-state index contributed by atoms with van der Waals surface area (Å²) in [5, 5.41) is 11.9. The van der Waals surface area contributed by atoms with Crippen LogP contribution < -0.4 is 5.32 Å². The number of hydrogen-bond acceptors (Lipinski definition) is 6. The molecular formula is C10H14N6S. The number of nitrogens with zero attached hydrogens (tertiary/aromatic N) is 5. The predicted octanol–water partition coefficient (Wildman–Crippen LogP) is 1.51. The summed E-state index contributed by atoms with van der Waals surface area (Å²) in [6.45, 7) is 1.76. The molecule has 1 aliphatic rings. The minimum Gasteiger partial charge on any atom is -0.360 e. The molecule has 0 aromatic carbocycles. The van der Waals surface area contributed by atoms with E-state index < -0.39 is 0 Å². The molecule has 0 amide bonds. The molecule has 1 N–H and O–H groups in total. The summed E-state index contributed by atoms with van der Waals surface area (Å²) in [6, 6.07) is 0. The van der Waals surface area contributed by atoms with Crippen molar-refractivity contribution in [1.29, 1.82) is 0 Å². The number of aromatic nitrogens is 5. The zero-order valence-electron chi connectivity index (χ0n) is 9.41. The smallest absolute Gasteiger partial charge is 0.202 e. The van der Waals surface area contributed by atoms with Crippen LogP contribution in [-0.2, 0) is 6.54 Å². The van der Waals surface area contributed by atoms with Gasteiger partial charge in [0, 0.05) is 36.7 Å². The first-order valence-electron chi connectivity index (χ1n) is 5.83. The van der Waals surface area contributed by atoms with Gasteiger partial charge >= 0.3 is 0 Å². The average Bonchev–Trinajstić information content (AvgIpc) is 2.89. The Morgan fingerprint density at radius 2 is 2.41 bits per heavy atom. The zero-order valence-corrected chi connectivity index (χ0v) is 10.2. The SMILES string of the molecule is c1cn(CCCNc2nc(C3CC3)ns2)nn1. The van der Waals surface area contributed by atoms with Crippen LogP contribution in [0.4, 0.5) is 5.13 Å². The third kappa shape index (κ3) is 2.79. The summed E-state index contributed by atoms with van der Waals surface area (Å²) in [6.07, 6.45) is 7.07. The van der Waals surface area contributed by atoms with Crippen LogP contribution in [0.15, 0.2) is 12.4 Å². The Morgan fingerprint density at radius 3 is 3.18 bits per heavy atom. The lowest BCUT2D eigenvalue weighted by Gasteiger charge is -2.01. The molecule has 7 heteroatoms. The van der Waals surface area contributed by atoms with Crippen LogP contribution in [0.25, 0.3) is 0 Å². The first-order chi connectivity index (χ1) is 8.42. The second-order valence-corrected chi connectivity index (χ2v) is 4.93. The lowest BCUT2D eigenvalue weighted by molar-refractivity contribution is 0.569. The zero-order chi connectivity index (χ0) is 11.5. The first-order valence-corrected chi connectivity index (χ1v) is 6.61. The average molecular weight is 250 g/mol. The van der Waals surface area contributed by atoms with Crippen molar-refractivity contribution in [3.63, 3.8) is 0 Å². The quantitative estimate of drug-likeness (QED) is 0.787. The van der Waals surface area contributed by atoms with E-state index in [1.54, 1.807) is 6.20 Å². The second-order valence-electron chi connectivity index (χ2n) is 4.18. The molecule has 1 fully saturated rings. The third-order valence-corrected chi connectivity index (χ3v) is 3.38. The molecule has 1 saturated carbocycles. The summed E-state index contributed by atoms with van der Waals surface area (Å²) in [5.74, 6) is 1.66. The topological polar surface area (TPSA) is 68.5 Å². The van der Waals surface area contributed by atoms with Gasteiger partial charge in [-0.3, -0.25) is 4.68 Å². The molecule has 3 rings (SSSR count). The van der Waals surface area contributed by atoms with Gasteiger partial charge < -0.3 is 5.32 Å². The van der Waals surface area contributed by atoms with Crippen LogP contribution in [0.5, 0.6) is 0 Å². The van der Waals surface area contributed by atoms with Crippen LogP contribution in [0.1, 0.15) is 31.0 Å². The molecule has 90 valence electrons. The Hall–Kier alpha value is -1.50. The standard InChI is InChI=1S/C10H14N6S/c1(6-16-7-5-12-15-16)4-11-10-13-9(14-17-10)8-2-3-8/h5,7-8H,1-4,6H2,(H,11,13,14). The van der Waals surface area contributed by atoms with Crippen molar-refractivity contribution in [3.05, 3.63) is 18.2 Å². The molecule has 2 heterocycles. The van der Waals surface area contributed by atoms with Crippen molar-refractivity contribution in [2.75, 3.05) is 11.9 Å². The summed E-state index contributed by atoms with van der Waals surface area (Å²) < 4.78 is 6.18. The van der Waals surface area contributed by atoms with E-state index in [9.17, 15) is 0 Å². The molecule has 0 saturated heterocycles. The Bertz CT molecular complexity index is 461. The number of hydrogen-bond donors (Lipinski definition) is 1. The van der Waals surface area contributed by atoms with Crippen molar-refractivity contribution in [3.8, 4) is 0 Å². The maximum absolute atomic E-state index is 4.47. The van der Waals surface area contributed by atoms with Gasteiger partial charge in [0.05, 0.1) is 6.20 Å². The highest BCUT2D eigenvalue weighted by Crippen LogP contribution is 2.39. The minimum atomic E-state index is 0.636. The van der Waals surface area contributed by atoms with Gasteiger partial charge in [0.1, 0.15) is 5.82 Å². The maximum atomic E-state index is 4.47. The largest absolute Gasteiger partial charge is 0.360 e. The van der Waals surface area contributed by atoms with E-state index in [0.717, 1.165) is 30.5 Å². The highest BCUT2D eigenvalue weighted by Gasteiger charge is 2.27. The number of nitrogens with one attached hydrogen (secondary N) is 1. The van der Waals surface area contributed by atoms with Gasteiger partial charge in [0.2, 0.25) is 5.13 Å². The van der Waals surface area contributed by atoms with Crippen molar-refractivity contribution in [1.82, 2.24) is 24.4 Å². The van der Waals surface area contributed by atoms with Crippen molar-refractivity contribution < 1.29 is 0 Å². The van der Waals surface area contributed by atoms with E-state index in [2.05, 4.69) is 25.0 Å². The van der Waals surface area contributed by atoms with E-state index >= 15 is 0 Å². The predicted molar refractivity (Wildman–Crippen MR) is 65.0 cm³/mol. The number of aryl methyl sites for hydroxylation is 1. The molecular weight excluding hydrogens is 236 g/mol. The normalized spacial score (nSPS) is 15.1. The van der Waals surface area contributed by atoms with Gasteiger partial charge in [-0.25, -0.2) is 4.98 Å². The van der Waals surface area contributed by atoms with Gasteiger partial charge in [-0.2, -0.15) is 4.37 Å². The van der Waals surface area contributed by atoms with E-state index in [1.807, 2.05) is 10.9 Å². The van der Waals surface area contributed by atoms with Crippen LogP contribution in [0, 0.1) is 0 Å². The monoisotopic (exact) mass is 250 g/mol. The summed E-state index contributed by atoms with van der Waals surface area (Å²) in [4.78, 5) is 4.47. The number of rotatable bonds is 6. The molecule has 6 nitrogen and oxygen atoms in total. The fraction of sp³-hybridized carbons (Fsp3) is 0.600. The lowest BCUT2D eigenvalue weighted by atomic mass is 10.4. The molecule has 0 bridgehead atoms. The fourth-order valence-corrected chi connectivity index (χ4v) is 2.27. The second kappa shape index (κ2) is 4.79. The van der Waals surface area contributed by atoms with Gasteiger partial charge in [-0.1, -0.05) is 5.21 Å². The summed E-state index contributed by atoms with van der Waals surface area (Å²) >= 11 is 1.46. The molecule has 0 spiro atoms. The van der Waals surface area contributed by atoms with Gasteiger partial charge in [-0.05, 0) is 19.3 Å². The Morgan fingerprint density at radius 1 is 1.47 bits per heavy atom. The first kappa shape index (κ1) is 10.6. The van der Waals surface area contributed by atoms with Crippen LogP contribution in [0.2, 0.25) is 0 Å². The Balaban J connectivity index is 1.41. The molecule has 1 aliphatic carbocycles. The molecule has 0 aliphatic heterocycles. The van der Waals surface area contributed by atoms with Crippen molar-refractivity contribution >= 4 is 16.7 Å².